The van der Waals surface area contributed by atoms with E-state index in [0.29, 0.717) is 6.10 Å². The lowest BCUT2D eigenvalue weighted by atomic mass is 9.82. The van der Waals surface area contributed by atoms with Crippen molar-refractivity contribution in [3.05, 3.63) is 33.8 Å². The lowest BCUT2D eigenvalue weighted by Gasteiger charge is -2.28. The van der Waals surface area contributed by atoms with Crippen molar-refractivity contribution in [2.45, 2.75) is 57.7 Å². The Hall–Kier alpha value is -0.780. The standard InChI is InChI=1S/C19H25BrN2OS/c1-3-17-19(24)22-18(21-17)16-11-14(20)7-6-13(16)10-12-4-8-15(23-2)9-5-12/h6-7,11-12,15,18H,3-5,8-10H2,1-2H3,(H,22,24)/t12-,15+,18?. The maximum absolute atomic E-state index is 5.50. The zero-order valence-electron chi connectivity index (χ0n) is 14.3. The van der Waals surface area contributed by atoms with Crippen LogP contribution in [0.15, 0.2) is 27.7 Å². The van der Waals surface area contributed by atoms with Crippen molar-refractivity contribution in [1.29, 1.82) is 0 Å². The van der Waals surface area contributed by atoms with Crippen LogP contribution in [-0.2, 0) is 11.2 Å². The Bertz CT molecular complexity index is 638. The SMILES string of the molecule is CCC1=NC(c2cc(Br)ccc2C[C@H]2CC[C@@H](OC)CC2)NC1=S. The molecular formula is C19H25BrN2OS. The summed E-state index contributed by atoms with van der Waals surface area (Å²) in [7, 11) is 1.83. The van der Waals surface area contributed by atoms with Gasteiger partial charge in [0.05, 0.1) is 11.8 Å². The average molecular weight is 409 g/mol. The lowest BCUT2D eigenvalue weighted by molar-refractivity contribution is 0.0568. The van der Waals surface area contributed by atoms with E-state index in [-0.39, 0.29) is 6.17 Å². The fourth-order valence-corrected chi connectivity index (χ4v) is 4.43. The van der Waals surface area contributed by atoms with Crippen molar-refractivity contribution < 1.29 is 4.74 Å². The third-order valence-electron chi connectivity index (χ3n) is 5.19. The number of halogens is 1. The molecule has 0 aromatic heterocycles. The first-order valence-corrected chi connectivity index (χ1v) is 9.99. The number of thiocarbonyl (C=S) groups is 1. The van der Waals surface area contributed by atoms with E-state index < -0.39 is 0 Å². The second-order valence-electron chi connectivity index (χ2n) is 6.73. The highest BCUT2D eigenvalue weighted by atomic mass is 79.9. The van der Waals surface area contributed by atoms with Crippen molar-refractivity contribution in [3.8, 4) is 0 Å². The topological polar surface area (TPSA) is 33.6 Å². The average Bonchev–Trinajstić information content (AvgIpc) is 2.98. The van der Waals surface area contributed by atoms with Gasteiger partial charge in [-0.05, 0) is 62.1 Å². The summed E-state index contributed by atoms with van der Waals surface area (Å²) in [6, 6.07) is 6.57. The molecule has 1 saturated carbocycles. The van der Waals surface area contributed by atoms with Gasteiger partial charge in [0.15, 0.2) is 0 Å². The maximum Gasteiger partial charge on any atom is 0.146 e. The van der Waals surface area contributed by atoms with E-state index in [1.54, 1.807) is 0 Å². The van der Waals surface area contributed by atoms with E-state index >= 15 is 0 Å². The van der Waals surface area contributed by atoms with Crippen LogP contribution in [0.2, 0.25) is 0 Å². The fourth-order valence-electron chi connectivity index (χ4n) is 3.74. The molecule has 1 aliphatic heterocycles. The van der Waals surface area contributed by atoms with Gasteiger partial charge in [0.2, 0.25) is 0 Å². The van der Waals surface area contributed by atoms with Crippen molar-refractivity contribution >= 4 is 38.8 Å². The smallest absolute Gasteiger partial charge is 0.146 e. The van der Waals surface area contributed by atoms with Gasteiger partial charge < -0.3 is 10.1 Å². The Morgan fingerprint density at radius 1 is 1.29 bits per heavy atom. The monoisotopic (exact) mass is 408 g/mol. The van der Waals surface area contributed by atoms with E-state index in [1.807, 2.05) is 7.11 Å². The maximum atomic E-state index is 5.50. The second-order valence-corrected chi connectivity index (χ2v) is 8.05. The molecule has 0 bridgehead atoms. The van der Waals surface area contributed by atoms with E-state index in [2.05, 4.69) is 46.4 Å². The number of hydrogen-bond acceptors (Lipinski definition) is 3. The minimum atomic E-state index is -0.0322. The van der Waals surface area contributed by atoms with Crippen molar-refractivity contribution in [3.63, 3.8) is 0 Å². The minimum Gasteiger partial charge on any atom is -0.381 e. The molecule has 130 valence electrons. The third kappa shape index (κ3) is 4.06. The number of rotatable bonds is 5. The number of hydrogen-bond donors (Lipinski definition) is 1. The molecule has 1 atom stereocenters. The molecule has 24 heavy (non-hydrogen) atoms. The molecule has 1 N–H and O–H groups in total. The van der Waals surface area contributed by atoms with Crippen LogP contribution in [0.3, 0.4) is 0 Å². The van der Waals surface area contributed by atoms with Crippen LogP contribution in [-0.4, -0.2) is 23.9 Å². The van der Waals surface area contributed by atoms with Crippen LogP contribution in [0.25, 0.3) is 0 Å². The lowest BCUT2D eigenvalue weighted by Crippen LogP contribution is -2.24. The molecule has 3 nitrogen and oxygen atoms in total. The van der Waals surface area contributed by atoms with Crippen LogP contribution < -0.4 is 5.32 Å². The van der Waals surface area contributed by atoms with Gasteiger partial charge in [-0.15, -0.1) is 0 Å². The summed E-state index contributed by atoms with van der Waals surface area (Å²) in [5.74, 6) is 0.735. The van der Waals surface area contributed by atoms with Gasteiger partial charge in [-0.25, -0.2) is 0 Å². The molecule has 2 aliphatic rings. The quantitative estimate of drug-likeness (QED) is 0.697. The molecular weight excluding hydrogens is 384 g/mol. The highest BCUT2D eigenvalue weighted by Crippen LogP contribution is 2.33. The van der Waals surface area contributed by atoms with Crippen LogP contribution in [0.1, 0.15) is 56.3 Å². The summed E-state index contributed by atoms with van der Waals surface area (Å²) >= 11 is 9.02. The molecule has 0 saturated heterocycles. The van der Waals surface area contributed by atoms with E-state index in [4.69, 9.17) is 21.9 Å². The van der Waals surface area contributed by atoms with Crippen LogP contribution in [0.5, 0.6) is 0 Å². The van der Waals surface area contributed by atoms with Gasteiger partial charge in [-0.2, -0.15) is 0 Å². The minimum absolute atomic E-state index is 0.0322. The van der Waals surface area contributed by atoms with Crippen LogP contribution in [0, 0.1) is 5.92 Å². The fraction of sp³-hybridized carbons (Fsp3) is 0.579. The Kier molecular flexibility index (Phi) is 6.06. The zero-order valence-corrected chi connectivity index (χ0v) is 16.8. The predicted molar refractivity (Wildman–Crippen MR) is 107 cm³/mol. The normalized spacial score (nSPS) is 27.0. The van der Waals surface area contributed by atoms with Gasteiger partial charge in [-0.3, -0.25) is 4.99 Å². The highest BCUT2D eigenvalue weighted by molar-refractivity contribution is 9.10. The summed E-state index contributed by atoms with van der Waals surface area (Å²) in [5, 5.41) is 3.38. The Balaban J connectivity index is 1.77. The number of ether oxygens (including phenoxy) is 1. The number of aliphatic imine (C=N–C) groups is 1. The molecule has 0 spiro atoms. The molecule has 0 radical (unpaired) electrons. The first-order chi connectivity index (χ1) is 11.6. The molecule has 5 heteroatoms. The number of methoxy groups -OCH3 is 1. The molecule has 1 aromatic carbocycles. The van der Waals surface area contributed by atoms with Gasteiger partial charge in [0, 0.05) is 17.1 Å². The predicted octanol–water partition coefficient (Wildman–Crippen LogP) is 4.98. The molecule has 3 rings (SSSR count). The van der Waals surface area contributed by atoms with Crippen LogP contribution in [0.4, 0.5) is 0 Å². The molecule has 1 fully saturated rings. The number of benzene rings is 1. The Morgan fingerprint density at radius 2 is 2.04 bits per heavy atom. The van der Waals surface area contributed by atoms with Gasteiger partial charge in [0.25, 0.3) is 0 Å². The molecule has 0 amide bonds. The summed E-state index contributed by atoms with van der Waals surface area (Å²) in [6.45, 7) is 2.10. The van der Waals surface area contributed by atoms with Crippen molar-refractivity contribution in [2.75, 3.05) is 7.11 Å². The molecule has 1 unspecified atom stereocenters. The van der Waals surface area contributed by atoms with Gasteiger partial charge in [0.1, 0.15) is 11.2 Å². The Morgan fingerprint density at radius 3 is 2.67 bits per heavy atom. The summed E-state index contributed by atoms with van der Waals surface area (Å²) in [4.78, 5) is 5.60. The van der Waals surface area contributed by atoms with Gasteiger partial charge in [-0.1, -0.05) is 41.1 Å². The molecule has 1 aromatic rings. The summed E-state index contributed by atoms with van der Waals surface area (Å²) < 4.78 is 6.59. The first-order valence-electron chi connectivity index (χ1n) is 8.79. The van der Waals surface area contributed by atoms with Crippen LogP contribution >= 0.6 is 28.1 Å². The number of nitrogens with zero attached hydrogens (tertiary/aromatic N) is 1. The largest absolute Gasteiger partial charge is 0.381 e. The van der Waals surface area contributed by atoms with E-state index in [9.17, 15) is 0 Å². The number of nitrogens with one attached hydrogen (secondary N) is 1. The van der Waals surface area contributed by atoms with Crippen molar-refractivity contribution in [1.82, 2.24) is 5.32 Å². The van der Waals surface area contributed by atoms with Crippen molar-refractivity contribution in [2.24, 2.45) is 10.9 Å². The summed E-state index contributed by atoms with van der Waals surface area (Å²) in [6.07, 6.45) is 7.26. The summed E-state index contributed by atoms with van der Waals surface area (Å²) in [5.41, 5.74) is 3.66. The van der Waals surface area contributed by atoms with E-state index in [1.165, 1.54) is 36.8 Å². The highest BCUT2D eigenvalue weighted by Gasteiger charge is 2.26. The van der Waals surface area contributed by atoms with E-state index in [0.717, 1.165) is 33.9 Å². The second kappa shape index (κ2) is 8.07. The van der Waals surface area contributed by atoms with Gasteiger partial charge >= 0.3 is 0 Å². The zero-order chi connectivity index (χ0) is 17.1. The Labute approximate surface area is 158 Å². The first kappa shape index (κ1) is 18.0. The third-order valence-corrected chi connectivity index (χ3v) is 6.03. The molecule has 1 aliphatic carbocycles. The molecule has 1 heterocycles.